The molecule has 2 aromatic rings. The molecule has 2 aromatic carbocycles. The zero-order chi connectivity index (χ0) is 14.1. The van der Waals surface area contributed by atoms with Gasteiger partial charge in [0.1, 0.15) is 0 Å². The predicted octanol–water partition coefficient (Wildman–Crippen LogP) is 4.04. The molecule has 0 atom stereocenters. The summed E-state index contributed by atoms with van der Waals surface area (Å²) >= 11 is 3.46. The minimum atomic E-state index is -0.107. The highest BCUT2D eigenvalue weighted by atomic mass is 79.9. The van der Waals surface area contributed by atoms with E-state index in [4.69, 9.17) is 4.74 Å². The Kier molecular flexibility index (Phi) is 3.59. The molecule has 0 aromatic heterocycles. The first kappa shape index (κ1) is 13.3. The Balaban J connectivity index is 1.82. The minimum Gasteiger partial charge on any atom is -0.372 e. The summed E-state index contributed by atoms with van der Waals surface area (Å²) < 4.78 is 6.25. The Hall–Kier alpha value is -1.65. The molecule has 1 N–H and O–H groups in total. The highest BCUT2D eigenvalue weighted by Crippen LogP contribution is 2.25. The molecule has 0 bridgehead atoms. The number of hydrogen-bond donors (Lipinski definition) is 1. The van der Waals surface area contributed by atoms with Gasteiger partial charge in [0.05, 0.1) is 18.9 Å². The molecule has 0 fully saturated rings. The lowest BCUT2D eigenvalue weighted by atomic mass is 10.1. The quantitative estimate of drug-likeness (QED) is 0.901. The van der Waals surface area contributed by atoms with Crippen LogP contribution in [0.2, 0.25) is 0 Å². The Morgan fingerprint density at radius 2 is 1.95 bits per heavy atom. The van der Waals surface area contributed by atoms with Crippen molar-refractivity contribution in [3.05, 3.63) is 63.1 Å². The summed E-state index contributed by atoms with van der Waals surface area (Å²) in [5.41, 5.74) is 4.84. The standard InChI is InChI=1S/C16H14BrNO2/c1-10-2-5-15(14(17)6-10)18-16(19)11-3-4-12-8-20-9-13(12)7-11/h2-7H,8-9H2,1H3,(H,18,19). The van der Waals surface area contributed by atoms with Crippen LogP contribution in [0.3, 0.4) is 0 Å². The normalized spacial score (nSPS) is 13.1. The van der Waals surface area contributed by atoms with E-state index in [0.717, 1.165) is 26.9 Å². The second-order valence-electron chi connectivity index (χ2n) is 4.91. The molecule has 0 radical (unpaired) electrons. The molecule has 1 amide bonds. The molecular formula is C16H14BrNO2. The van der Waals surface area contributed by atoms with E-state index in [-0.39, 0.29) is 5.91 Å². The highest BCUT2D eigenvalue weighted by Gasteiger charge is 2.15. The minimum absolute atomic E-state index is 0.107. The fourth-order valence-corrected chi connectivity index (χ4v) is 2.82. The van der Waals surface area contributed by atoms with Gasteiger partial charge in [0, 0.05) is 10.0 Å². The van der Waals surface area contributed by atoms with Crippen molar-refractivity contribution < 1.29 is 9.53 Å². The van der Waals surface area contributed by atoms with Gasteiger partial charge in [-0.2, -0.15) is 0 Å². The van der Waals surface area contributed by atoms with Crippen molar-refractivity contribution in [2.24, 2.45) is 0 Å². The van der Waals surface area contributed by atoms with E-state index in [1.807, 2.05) is 43.3 Å². The van der Waals surface area contributed by atoms with Crippen molar-refractivity contribution >= 4 is 27.5 Å². The smallest absolute Gasteiger partial charge is 0.255 e. The van der Waals surface area contributed by atoms with Crippen LogP contribution in [-0.2, 0) is 18.0 Å². The van der Waals surface area contributed by atoms with Crippen LogP contribution in [0, 0.1) is 6.92 Å². The van der Waals surface area contributed by atoms with Crippen LogP contribution >= 0.6 is 15.9 Å². The Bertz CT molecular complexity index is 682. The fourth-order valence-electron chi connectivity index (χ4n) is 2.23. The molecule has 102 valence electrons. The number of hydrogen-bond acceptors (Lipinski definition) is 2. The molecule has 3 nitrogen and oxygen atoms in total. The number of halogens is 1. The average molecular weight is 332 g/mol. The molecule has 4 heteroatoms. The summed E-state index contributed by atoms with van der Waals surface area (Å²) in [5.74, 6) is -0.107. The second-order valence-corrected chi connectivity index (χ2v) is 5.77. The first-order valence-electron chi connectivity index (χ1n) is 6.40. The summed E-state index contributed by atoms with van der Waals surface area (Å²) in [5, 5.41) is 2.92. The van der Waals surface area contributed by atoms with Crippen LogP contribution in [0.15, 0.2) is 40.9 Å². The number of fused-ring (bicyclic) bond motifs is 1. The van der Waals surface area contributed by atoms with E-state index in [1.54, 1.807) is 0 Å². The van der Waals surface area contributed by atoms with Crippen molar-refractivity contribution in [3.8, 4) is 0 Å². The molecule has 1 aliphatic heterocycles. The Morgan fingerprint density at radius 1 is 1.15 bits per heavy atom. The monoisotopic (exact) mass is 331 g/mol. The van der Waals surface area contributed by atoms with Gasteiger partial charge in [-0.3, -0.25) is 4.79 Å². The lowest BCUT2D eigenvalue weighted by Crippen LogP contribution is -2.12. The Labute approximate surface area is 126 Å². The summed E-state index contributed by atoms with van der Waals surface area (Å²) in [7, 11) is 0. The van der Waals surface area contributed by atoms with Crippen LogP contribution in [0.4, 0.5) is 5.69 Å². The number of nitrogens with one attached hydrogen (secondary N) is 1. The summed E-state index contributed by atoms with van der Waals surface area (Å²) in [6.45, 7) is 3.24. The van der Waals surface area contributed by atoms with Gasteiger partial charge in [-0.25, -0.2) is 0 Å². The molecule has 0 unspecified atom stereocenters. The summed E-state index contributed by atoms with van der Waals surface area (Å²) in [6.07, 6.45) is 0. The largest absolute Gasteiger partial charge is 0.372 e. The van der Waals surface area contributed by atoms with E-state index < -0.39 is 0 Å². The average Bonchev–Trinajstić information content (AvgIpc) is 2.89. The van der Waals surface area contributed by atoms with Crippen molar-refractivity contribution in [1.29, 1.82) is 0 Å². The van der Waals surface area contributed by atoms with E-state index in [9.17, 15) is 4.79 Å². The number of ether oxygens (including phenoxy) is 1. The summed E-state index contributed by atoms with van der Waals surface area (Å²) in [6, 6.07) is 11.5. The van der Waals surface area contributed by atoms with Crippen LogP contribution < -0.4 is 5.32 Å². The summed E-state index contributed by atoms with van der Waals surface area (Å²) in [4.78, 5) is 12.3. The SMILES string of the molecule is Cc1ccc(NC(=O)c2ccc3c(c2)COC3)c(Br)c1. The van der Waals surface area contributed by atoms with Gasteiger partial charge in [-0.1, -0.05) is 12.1 Å². The zero-order valence-corrected chi connectivity index (χ0v) is 12.7. The lowest BCUT2D eigenvalue weighted by molar-refractivity contribution is 0.102. The Morgan fingerprint density at radius 3 is 2.75 bits per heavy atom. The third-order valence-electron chi connectivity index (χ3n) is 3.36. The number of aryl methyl sites for hydroxylation is 1. The first-order valence-corrected chi connectivity index (χ1v) is 7.20. The number of amides is 1. The van der Waals surface area contributed by atoms with Crippen LogP contribution in [0.1, 0.15) is 27.0 Å². The van der Waals surface area contributed by atoms with Crippen LogP contribution in [0.25, 0.3) is 0 Å². The number of carbonyl (C=O) groups is 1. The molecule has 20 heavy (non-hydrogen) atoms. The number of rotatable bonds is 2. The van der Waals surface area contributed by atoms with Gasteiger partial charge in [0.25, 0.3) is 5.91 Å². The molecular weight excluding hydrogens is 318 g/mol. The van der Waals surface area contributed by atoms with E-state index in [0.29, 0.717) is 18.8 Å². The van der Waals surface area contributed by atoms with Crippen molar-refractivity contribution in [1.82, 2.24) is 0 Å². The second kappa shape index (κ2) is 5.38. The van der Waals surface area contributed by atoms with Gasteiger partial charge >= 0.3 is 0 Å². The van der Waals surface area contributed by atoms with Crippen LogP contribution in [-0.4, -0.2) is 5.91 Å². The molecule has 1 aliphatic rings. The van der Waals surface area contributed by atoms with Crippen molar-refractivity contribution in [2.45, 2.75) is 20.1 Å². The third-order valence-corrected chi connectivity index (χ3v) is 4.01. The molecule has 3 rings (SSSR count). The van der Waals surface area contributed by atoms with Crippen molar-refractivity contribution in [3.63, 3.8) is 0 Å². The van der Waals surface area contributed by atoms with Gasteiger partial charge in [-0.05, 0) is 63.8 Å². The van der Waals surface area contributed by atoms with Gasteiger partial charge in [0.2, 0.25) is 0 Å². The third kappa shape index (κ3) is 2.62. The molecule has 1 heterocycles. The molecule has 0 aliphatic carbocycles. The number of anilines is 1. The first-order chi connectivity index (χ1) is 9.63. The van der Waals surface area contributed by atoms with Crippen LogP contribution in [0.5, 0.6) is 0 Å². The number of benzene rings is 2. The molecule has 0 saturated carbocycles. The molecule has 0 saturated heterocycles. The zero-order valence-electron chi connectivity index (χ0n) is 11.1. The van der Waals surface area contributed by atoms with E-state index >= 15 is 0 Å². The van der Waals surface area contributed by atoms with E-state index in [2.05, 4.69) is 21.2 Å². The maximum atomic E-state index is 12.3. The maximum absolute atomic E-state index is 12.3. The highest BCUT2D eigenvalue weighted by molar-refractivity contribution is 9.10. The fraction of sp³-hybridized carbons (Fsp3) is 0.188. The van der Waals surface area contributed by atoms with Gasteiger partial charge in [0.15, 0.2) is 0 Å². The lowest BCUT2D eigenvalue weighted by Gasteiger charge is -2.09. The van der Waals surface area contributed by atoms with E-state index in [1.165, 1.54) is 0 Å². The van der Waals surface area contributed by atoms with Gasteiger partial charge < -0.3 is 10.1 Å². The number of carbonyl (C=O) groups excluding carboxylic acids is 1. The van der Waals surface area contributed by atoms with Crippen molar-refractivity contribution in [2.75, 3.05) is 5.32 Å². The van der Waals surface area contributed by atoms with Gasteiger partial charge in [-0.15, -0.1) is 0 Å². The molecule has 0 spiro atoms. The predicted molar refractivity (Wildman–Crippen MR) is 81.8 cm³/mol. The topological polar surface area (TPSA) is 38.3 Å². The maximum Gasteiger partial charge on any atom is 0.255 e.